The summed E-state index contributed by atoms with van der Waals surface area (Å²) in [6.45, 7) is 12.3. The van der Waals surface area contributed by atoms with E-state index in [1.54, 1.807) is 48.5 Å². The molecule has 0 unspecified atom stereocenters. The fourth-order valence-electron chi connectivity index (χ4n) is 2.43. The normalized spacial score (nSPS) is 24.1. The van der Waals surface area contributed by atoms with E-state index in [2.05, 4.69) is 0 Å². The lowest BCUT2D eigenvalue weighted by atomic mass is 9.95. The van der Waals surface area contributed by atoms with Gasteiger partial charge >= 0.3 is 17.9 Å². The molecule has 0 aromatic rings. The molecule has 0 aromatic carbocycles. The first-order valence-corrected chi connectivity index (χ1v) is 9.73. The van der Waals surface area contributed by atoms with Crippen LogP contribution in [0.3, 0.4) is 0 Å². The molecule has 1 fully saturated rings. The Bertz CT molecular complexity index is 624. The van der Waals surface area contributed by atoms with Gasteiger partial charge in [0.2, 0.25) is 0 Å². The van der Waals surface area contributed by atoms with E-state index in [4.69, 9.17) is 23.7 Å². The molecule has 0 radical (unpaired) electrons. The molecule has 1 saturated heterocycles. The van der Waals surface area contributed by atoms with Crippen molar-refractivity contribution in [1.82, 2.24) is 0 Å². The number of hydrogen-bond acceptors (Lipinski definition) is 8. The van der Waals surface area contributed by atoms with Gasteiger partial charge in [0.05, 0.1) is 23.5 Å². The molecule has 0 bridgehead atoms. The van der Waals surface area contributed by atoms with Crippen molar-refractivity contribution in [2.45, 2.75) is 73.4 Å². The van der Waals surface area contributed by atoms with Gasteiger partial charge < -0.3 is 23.7 Å². The zero-order valence-corrected chi connectivity index (χ0v) is 18.7. The molecule has 1 rings (SSSR count). The van der Waals surface area contributed by atoms with Gasteiger partial charge in [-0.05, 0) is 54.0 Å². The number of ether oxygens (including phenoxy) is 5. The van der Waals surface area contributed by atoms with Crippen molar-refractivity contribution in [1.29, 1.82) is 0 Å². The SMILES string of the molecule is CCOC(=O)/C=C1\C[C@@H](COC(=O)C(C)(C)C)O[C@H](OC)[C@@H]1OC(=O)C(C)(C)C. The largest absolute Gasteiger partial charge is 0.463 e. The first-order chi connectivity index (χ1) is 13.3. The van der Waals surface area contributed by atoms with E-state index in [0.717, 1.165) is 0 Å². The summed E-state index contributed by atoms with van der Waals surface area (Å²) in [6, 6.07) is 0. The first-order valence-electron chi connectivity index (χ1n) is 9.73. The Morgan fingerprint density at radius 1 is 1.03 bits per heavy atom. The van der Waals surface area contributed by atoms with Crippen molar-refractivity contribution in [3.63, 3.8) is 0 Å². The van der Waals surface area contributed by atoms with Crippen molar-refractivity contribution in [3.8, 4) is 0 Å². The van der Waals surface area contributed by atoms with E-state index in [9.17, 15) is 14.4 Å². The van der Waals surface area contributed by atoms with E-state index >= 15 is 0 Å². The standard InChI is InChI=1S/C21H34O8/c1-9-26-15(22)11-13-10-14(12-27-18(23)20(2,3)4)28-17(25-8)16(13)29-19(24)21(5,6)7/h11,14,16-17H,9-10,12H2,1-8H3/b13-11+/t14-,16+,17-/m0/s1. The average Bonchev–Trinajstić information content (AvgIpc) is 2.59. The van der Waals surface area contributed by atoms with Gasteiger partial charge in [0.1, 0.15) is 6.61 Å². The van der Waals surface area contributed by atoms with Crippen LogP contribution in [0.2, 0.25) is 0 Å². The molecular formula is C21H34O8. The van der Waals surface area contributed by atoms with E-state index in [1.807, 2.05) is 0 Å². The second kappa shape index (κ2) is 10.2. The van der Waals surface area contributed by atoms with Gasteiger partial charge in [0, 0.05) is 19.6 Å². The van der Waals surface area contributed by atoms with Crippen LogP contribution >= 0.6 is 0 Å². The van der Waals surface area contributed by atoms with E-state index < -0.39 is 41.3 Å². The zero-order valence-electron chi connectivity index (χ0n) is 18.7. The lowest BCUT2D eigenvalue weighted by Gasteiger charge is -2.37. The second-order valence-electron chi connectivity index (χ2n) is 8.96. The molecule has 1 aliphatic rings. The molecule has 0 N–H and O–H groups in total. The van der Waals surface area contributed by atoms with Crippen LogP contribution in [0.15, 0.2) is 11.6 Å². The van der Waals surface area contributed by atoms with Crippen LogP contribution in [0, 0.1) is 10.8 Å². The third kappa shape index (κ3) is 7.78. The van der Waals surface area contributed by atoms with Gasteiger partial charge in [0.25, 0.3) is 0 Å². The maximum absolute atomic E-state index is 12.4. The highest BCUT2D eigenvalue weighted by atomic mass is 16.7. The minimum atomic E-state index is -0.950. The highest BCUT2D eigenvalue weighted by molar-refractivity contribution is 5.83. The summed E-state index contributed by atoms with van der Waals surface area (Å²) in [7, 11) is 1.41. The van der Waals surface area contributed by atoms with Gasteiger partial charge in [-0.1, -0.05) is 0 Å². The molecular weight excluding hydrogens is 380 g/mol. The number of carbonyl (C=O) groups is 3. The van der Waals surface area contributed by atoms with Crippen LogP contribution in [-0.2, 0) is 38.1 Å². The van der Waals surface area contributed by atoms with Crippen LogP contribution in [0.1, 0.15) is 54.9 Å². The molecule has 8 nitrogen and oxygen atoms in total. The van der Waals surface area contributed by atoms with Crippen molar-refractivity contribution in [2.24, 2.45) is 10.8 Å². The fourth-order valence-corrected chi connectivity index (χ4v) is 2.43. The van der Waals surface area contributed by atoms with Crippen molar-refractivity contribution >= 4 is 17.9 Å². The Kier molecular flexibility index (Phi) is 8.84. The van der Waals surface area contributed by atoms with Gasteiger partial charge in [-0.15, -0.1) is 0 Å². The van der Waals surface area contributed by atoms with Crippen LogP contribution in [-0.4, -0.2) is 56.7 Å². The van der Waals surface area contributed by atoms with E-state index in [1.165, 1.54) is 13.2 Å². The summed E-state index contributed by atoms with van der Waals surface area (Å²) in [5.74, 6) is -1.38. The molecule has 1 heterocycles. The van der Waals surface area contributed by atoms with Crippen LogP contribution in [0.4, 0.5) is 0 Å². The first kappa shape index (κ1) is 25.1. The monoisotopic (exact) mass is 414 g/mol. The van der Waals surface area contributed by atoms with Gasteiger partial charge in [0.15, 0.2) is 12.4 Å². The lowest BCUT2D eigenvalue weighted by molar-refractivity contribution is -0.233. The molecule has 8 heteroatoms. The summed E-state index contributed by atoms with van der Waals surface area (Å²) in [6.07, 6.45) is -0.911. The second-order valence-corrected chi connectivity index (χ2v) is 8.96. The number of esters is 3. The molecule has 29 heavy (non-hydrogen) atoms. The van der Waals surface area contributed by atoms with Crippen LogP contribution < -0.4 is 0 Å². The van der Waals surface area contributed by atoms with Gasteiger partial charge in [-0.3, -0.25) is 9.59 Å². The molecule has 0 spiro atoms. The lowest BCUT2D eigenvalue weighted by Crippen LogP contribution is -2.47. The molecule has 0 aromatic heterocycles. The van der Waals surface area contributed by atoms with E-state index in [-0.39, 0.29) is 25.6 Å². The predicted octanol–water partition coefficient (Wildman–Crippen LogP) is 2.78. The quantitative estimate of drug-likeness (QED) is 0.372. The summed E-state index contributed by atoms with van der Waals surface area (Å²) in [5.41, 5.74) is -0.910. The Labute approximate surface area is 172 Å². The van der Waals surface area contributed by atoms with Crippen molar-refractivity contribution < 1.29 is 38.1 Å². The van der Waals surface area contributed by atoms with Gasteiger partial charge in [-0.25, -0.2) is 4.79 Å². The minimum Gasteiger partial charge on any atom is -0.463 e. The molecule has 0 aliphatic carbocycles. The molecule has 0 saturated carbocycles. The smallest absolute Gasteiger partial charge is 0.330 e. The highest BCUT2D eigenvalue weighted by Crippen LogP contribution is 2.31. The Hall–Kier alpha value is -1.93. The molecule has 3 atom stereocenters. The average molecular weight is 414 g/mol. The van der Waals surface area contributed by atoms with Crippen molar-refractivity contribution in [3.05, 3.63) is 11.6 Å². The number of rotatable bonds is 6. The van der Waals surface area contributed by atoms with Crippen LogP contribution in [0.25, 0.3) is 0 Å². The summed E-state index contributed by atoms with van der Waals surface area (Å²) < 4.78 is 27.1. The maximum atomic E-state index is 12.4. The third-order valence-corrected chi connectivity index (χ3v) is 4.08. The van der Waals surface area contributed by atoms with Gasteiger partial charge in [-0.2, -0.15) is 0 Å². The Balaban J connectivity index is 3.05. The number of methoxy groups -OCH3 is 1. The summed E-state index contributed by atoms with van der Waals surface area (Å²) in [5, 5.41) is 0. The Morgan fingerprint density at radius 3 is 2.10 bits per heavy atom. The number of hydrogen-bond donors (Lipinski definition) is 0. The Morgan fingerprint density at radius 2 is 1.62 bits per heavy atom. The minimum absolute atomic E-state index is 0.0178. The van der Waals surface area contributed by atoms with E-state index in [0.29, 0.717) is 5.57 Å². The fraction of sp³-hybridized carbons (Fsp3) is 0.762. The maximum Gasteiger partial charge on any atom is 0.330 e. The molecule has 166 valence electrons. The predicted molar refractivity (Wildman–Crippen MR) is 105 cm³/mol. The zero-order chi connectivity index (χ0) is 22.4. The van der Waals surface area contributed by atoms with Crippen molar-refractivity contribution in [2.75, 3.05) is 20.3 Å². The molecule has 1 aliphatic heterocycles. The van der Waals surface area contributed by atoms with Crippen LogP contribution in [0.5, 0.6) is 0 Å². The topological polar surface area (TPSA) is 97.4 Å². The number of carbonyl (C=O) groups excluding carboxylic acids is 3. The summed E-state index contributed by atoms with van der Waals surface area (Å²) >= 11 is 0. The third-order valence-electron chi connectivity index (χ3n) is 4.08. The summed E-state index contributed by atoms with van der Waals surface area (Å²) in [4.78, 5) is 36.5. The highest BCUT2D eigenvalue weighted by Gasteiger charge is 2.41. The molecule has 0 amide bonds.